The van der Waals surface area contributed by atoms with Crippen molar-refractivity contribution in [2.45, 2.75) is 32.4 Å². The maximum absolute atomic E-state index is 11.7. The molecule has 0 heterocycles. The van der Waals surface area contributed by atoms with Crippen molar-refractivity contribution in [1.29, 1.82) is 0 Å². The first-order chi connectivity index (χ1) is 9.45. The zero-order valence-corrected chi connectivity index (χ0v) is 13.1. The van der Waals surface area contributed by atoms with Gasteiger partial charge in [0.15, 0.2) is 0 Å². The number of aliphatic hydroxyl groups is 1. The number of amides is 1. The Hall–Kier alpha value is -0.810. The van der Waals surface area contributed by atoms with Gasteiger partial charge in [0, 0.05) is 28.7 Å². The lowest BCUT2D eigenvalue weighted by atomic mass is 10.1. The Morgan fingerprint density at radius 1 is 1.40 bits per heavy atom. The van der Waals surface area contributed by atoms with E-state index < -0.39 is 6.10 Å². The summed E-state index contributed by atoms with van der Waals surface area (Å²) in [7, 11) is 0. The van der Waals surface area contributed by atoms with Crippen molar-refractivity contribution in [1.82, 2.24) is 10.6 Å². The molecule has 0 fully saturated rings. The summed E-state index contributed by atoms with van der Waals surface area (Å²) in [5.41, 5.74) is 0.549. The summed E-state index contributed by atoms with van der Waals surface area (Å²) in [4.78, 5) is 11.7. The van der Waals surface area contributed by atoms with Crippen LogP contribution in [0.4, 0.5) is 0 Å². The normalized spacial score (nSPS) is 13.8. The van der Waals surface area contributed by atoms with E-state index in [-0.39, 0.29) is 18.5 Å². The first-order valence-corrected chi connectivity index (χ1v) is 7.35. The van der Waals surface area contributed by atoms with E-state index in [1.165, 1.54) is 0 Å². The molecule has 0 aromatic heterocycles. The first kappa shape index (κ1) is 17.2. The van der Waals surface area contributed by atoms with Crippen molar-refractivity contribution in [3.05, 3.63) is 33.8 Å². The molecule has 0 bridgehead atoms. The SMILES string of the molecule is CCCNC(=O)C(C)NCC(O)c1cc(Cl)ccc1Cl. The molecular formula is C14H20Cl2N2O2. The number of halogens is 2. The largest absolute Gasteiger partial charge is 0.387 e. The molecule has 2 unspecified atom stereocenters. The Kier molecular flexibility index (Phi) is 7.30. The summed E-state index contributed by atoms with van der Waals surface area (Å²) in [5, 5.41) is 16.8. The fourth-order valence-electron chi connectivity index (χ4n) is 1.66. The van der Waals surface area contributed by atoms with Crippen LogP contribution in [-0.2, 0) is 4.79 Å². The van der Waals surface area contributed by atoms with E-state index >= 15 is 0 Å². The monoisotopic (exact) mass is 318 g/mol. The summed E-state index contributed by atoms with van der Waals surface area (Å²) in [5.74, 6) is -0.0868. The van der Waals surface area contributed by atoms with E-state index in [0.717, 1.165) is 6.42 Å². The lowest BCUT2D eigenvalue weighted by Crippen LogP contribution is -2.43. The van der Waals surface area contributed by atoms with Gasteiger partial charge in [-0.1, -0.05) is 30.1 Å². The number of benzene rings is 1. The number of hydrogen-bond donors (Lipinski definition) is 3. The molecule has 0 aliphatic rings. The minimum absolute atomic E-state index is 0.0868. The highest BCUT2D eigenvalue weighted by Crippen LogP contribution is 2.25. The van der Waals surface area contributed by atoms with E-state index in [1.807, 2.05) is 6.92 Å². The molecule has 1 amide bonds. The fourth-order valence-corrected chi connectivity index (χ4v) is 2.09. The van der Waals surface area contributed by atoms with Crippen LogP contribution in [-0.4, -0.2) is 30.1 Å². The predicted octanol–water partition coefficient (Wildman–Crippen LogP) is 2.53. The molecule has 4 nitrogen and oxygen atoms in total. The molecule has 2 atom stereocenters. The Bertz CT molecular complexity index is 455. The number of hydrogen-bond acceptors (Lipinski definition) is 3. The fraction of sp³-hybridized carbons (Fsp3) is 0.500. The Balaban J connectivity index is 2.52. The lowest BCUT2D eigenvalue weighted by Gasteiger charge is -2.18. The third-order valence-electron chi connectivity index (χ3n) is 2.88. The topological polar surface area (TPSA) is 61.4 Å². The molecule has 6 heteroatoms. The van der Waals surface area contributed by atoms with Crippen LogP contribution >= 0.6 is 23.2 Å². The lowest BCUT2D eigenvalue weighted by molar-refractivity contribution is -0.122. The van der Waals surface area contributed by atoms with E-state index in [1.54, 1.807) is 25.1 Å². The number of aliphatic hydroxyl groups excluding tert-OH is 1. The predicted molar refractivity (Wildman–Crippen MR) is 82.2 cm³/mol. The zero-order chi connectivity index (χ0) is 15.1. The highest BCUT2D eigenvalue weighted by atomic mass is 35.5. The summed E-state index contributed by atoms with van der Waals surface area (Å²) in [6.45, 7) is 4.61. The van der Waals surface area contributed by atoms with Gasteiger partial charge in [-0.3, -0.25) is 4.79 Å². The van der Waals surface area contributed by atoms with Crippen molar-refractivity contribution in [2.24, 2.45) is 0 Å². The van der Waals surface area contributed by atoms with E-state index in [4.69, 9.17) is 23.2 Å². The second kappa shape index (κ2) is 8.47. The van der Waals surface area contributed by atoms with Crippen LogP contribution in [0.1, 0.15) is 31.9 Å². The molecule has 0 saturated carbocycles. The number of carbonyl (C=O) groups excluding carboxylic acids is 1. The quantitative estimate of drug-likeness (QED) is 0.724. The smallest absolute Gasteiger partial charge is 0.236 e. The summed E-state index contributed by atoms with van der Waals surface area (Å²) in [6, 6.07) is 4.54. The van der Waals surface area contributed by atoms with Gasteiger partial charge in [-0.05, 0) is 31.5 Å². The summed E-state index contributed by atoms with van der Waals surface area (Å²) in [6.07, 6.45) is 0.0711. The number of nitrogens with one attached hydrogen (secondary N) is 2. The molecule has 0 radical (unpaired) electrons. The van der Waals surface area contributed by atoms with Crippen molar-refractivity contribution >= 4 is 29.1 Å². The molecule has 112 valence electrons. The molecule has 0 spiro atoms. The third kappa shape index (κ3) is 5.29. The molecule has 0 aliphatic heterocycles. The maximum atomic E-state index is 11.7. The van der Waals surface area contributed by atoms with Gasteiger partial charge in [-0.2, -0.15) is 0 Å². The van der Waals surface area contributed by atoms with Crippen LogP contribution in [0.2, 0.25) is 10.0 Å². The van der Waals surface area contributed by atoms with Gasteiger partial charge >= 0.3 is 0 Å². The van der Waals surface area contributed by atoms with Crippen LogP contribution in [0.25, 0.3) is 0 Å². The number of rotatable bonds is 7. The van der Waals surface area contributed by atoms with Gasteiger partial charge < -0.3 is 15.7 Å². The average Bonchev–Trinajstić information content (AvgIpc) is 2.44. The van der Waals surface area contributed by atoms with E-state index in [0.29, 0.717) is 22.2 Å². The van der Waals surface area contributed by atoms with Crippen molar-refractivity contribution in [3.8, 4) is 0 Å². The highest BCUT2D eigenvalue weighted by Gasteiger charge is 2.16. The Morgan fingerprint density at radius 2 is 2.10 bits per heavy atom. The standard InChI is InChI=1S/C14H20Cl2N2O2/c1-3-6-17-14(20)9(2)18-8-13(19)11-7-10(15)4-5-12(11)16/h4-5,7,9,13,18-19H,3,6,8H2,1-2H3,(H,17,20). The molecule has 0 aliphatic carbocycles. The van der Waals surface area contributed by atoms with Crippen molar-refractivity contribution in [2.75, 3.05) is 13.1 Å². The second-order valence-electron chi connectivity index (χ2n) is 4.60. The van der Waals surface area contributed by atoms with Gasteiger partial charge in [0.25, 0.3) is 0 Å². The second-order valence-corrected chi connectivity index (χ2v) is 5.45. The first-order valence-electron chi connectivity index (χ1n) is 6.59. The van der Waals surface area contributed by atoms with Gasteiger partial charge in [-0.15, -0.1) is 0 Å². The van der Waals surface area contributed by atoms with Gasteiger partial charge in [-0.25, -0.2) is 0 Å². The van der Waals surface area contributed by atoms with Crippen LogP contribution < -0.4 is 10.6 Å². The Labute approximate surface area is 129 Å². The molecule has 1 aromatic carbocycles. The average molecular weight is 319 g/mol. The van der Waals surface area contributed by atoms with Gasteiger partial charge in [0.05, 0.1) is 12.1 Å². The van der Waals surface area contributed by atoms with Crippen LogP contribution in [0.5, 0.6) is 0 Å². The van der Waals surface area contributed by atoms with Gasteiger partial charge in [0.2, 0.25) is 5.91 Å². The molecule has 1 rings (SSSR count). The number of carbonyl (C=O) groups is 1. The summed E-state index contributed by atoms with van der Waals surface area (Å²) < 4.78 is 0. The van der Waals surface area contributed by atoms with Crippen molar-refractivity contribution in [3.63, 3.8) is 0 Å². The van der Waals surface area contributed by atoms with E-state index in [2.05, 4.69) is 10.6 Å². The molecular weight excluding hydrogens is 299 g/mol. The minimum Gasteiger partial charge on any atom is -0.387 e. The minimum atomic E-state index is -0.817. The highest BCUT2D eigenvalue weighted by molar-refractivity contribution is 6.33. The molecule has 20 heavy (non-hydrogen) atoms. The molecule has 1 aromatic rings. The maximum Gasteiger partial charge on any atom is 0.236 e. The van der Waals surface area contributed by atoms with Crippen LogP contribution in [0.3, 0.4) is 0 Å². The van der Waals surface area contributed by atoms with E-state index in [9.17, 15) is 9.90 Å². The van der Waals surface area contributed by atoms with Crippen molar-refractivity contribution < 1.29 is 9.90 Å². The van der Waals surface area contributed by atoms with Crippen LogP contribution in [0, 0.1) is 0 Å². The molecule has 3 N–H and O–H groups in total. The zero-order valence-electron chi connectivity index (χ0n) is 11.6. The molecule has 0 saturated heterocycles. The Morgan fingerprint density at radius 3 is 2.75 bits per heavy atom. The third-order valence-corrected chi connectivity index (χ3v) is 3.46. The van der Waals surface area contributed by atoms with Gasteiger partial charge in [0.1, 0.15) is 0 Å². The summed E-state index contributed by atoms with van der Waals surface area (Å²) >= 11 is 11.9. The van der Waals surface area contributed by atoms with Crippen LogP contribution in [0.15, 0.2) is 18.2 Å².